The average molecular weight is 137 g/mol. The molecule has 0 aliphatic carbocycles. The Kier molecular flexibility index (Phi) is 3.31. The smallest absolute Gasteiger partial charge is 0.378 e. The minimum Gasteiger partial charge on any atom is -0.478 e. The van der Waals surface area contributed by atoms with Gasteiger partial charge in [0, 0.05) is 0 Å². The molecule has 0 saturated carbocycles. The molecule has 0 amide bonds. The lowest BCUT2D eigenvalue weighted by atomic mass is 10.8. The highest BCUT2D eigenvalue weighted by molar-refractivity contribution is 7.45. The molecular weight excluding hydrogens is 131 g/mol. The lowest BCUT2D eigenvalue weighted by Gasteiger charge is -1.74. The summed E-state index contributed by atoms with van der Waals surface area (Å²) in [6.07, 6.45) is -0.979. The monoisotopic (exact) mass is 137 g/mol. The largest absolute Gasteiger partial charge is 0.478 e. The zero-order valence-electron chi connectivity index (χ0n) is 4.07. The second-order valence-electron chi connectivity index (χ2n) is 1.18. The van der Waals surface area contributed by atoms with Gasteiger partial charge in [-0.05, 0) is 0 Å². The molecule has 0 bridgehead atoms. The molecule has 0 aromatic heterocycles. The molecule has 0 saturated heterocycles. The summed E-state index contributed by atoms with van der Waals surface area (Å²) in [5.74, 6) is -1.14. The molecule has 2 N–H and O–H groups in total. The Hall–Kier alpha value is -0.470. The van der Waals surface area contributed by atoms with Gasteiger partial charge >= 0.3 is 13.8 Å². The lowest BCUT2D eigenvalue weighted by molar-refractivity contribution is -0.134. The van der Waals surface area contributed by atoms with Crippen LogP contribution in [0, 0.1) is 0 Å². The van der Waals surface area contributed by atoms with E-state index in [9.17, 15) is 9.36 Å². The molecule has 0 radical (unpaired) electrons. The summed E-state index contributed by atoms with van der Waals surface area (Å²) in [5, 5.41) is 16.0. The fourth-order valence-electron chi connectivity index (χ4n) is 0.201. The Bertz CT molecular complexity index is 110. The second kappa shape index (κ2) is 3.52. The van der Waals surface area contributed by atoms with Gasteiger partial charge in [-0.3, -0.25) is 0 Å². The first-order valence-corrected chi connectivity index (χ1v) is 3.54. The van der Waals surface area contributed by atoms with Crippen molar-refractivity contribution < 1.29 is 19.6 Å². The van der Waals surface area contributed by atoms with Gasteiger partial charge in [0.1, 0.15) is 0 Å². The van der Waals surface area contributed by atoms with Crippen molar-refractivity contribution in [2.45, 2.75) is 0 Å². The Morgan fingerprint density at radius 3 is 2.25 bits per heavy atom. The van der Waals surface area contributed by atoms with E-state index >= 15 is 0 Å². The zero-order valence-corrected chi connectivity index (χ0v) is 4.97. The quantitative estimate of drug-likeness (QED) is 0.530. The van der Waals surface area contributed by atoms with Crippen LogP contribution < -0.4 is 0 Å². The molecule has 0 aromatic carbocycles. The van der Waals surface area contributed by atoms with E-state index in [0.29, 0.717) is 0 Å². The standard InChI is InChI=1S/C3H5O4P/c4-2-8(7)1-3(5)6/h4H,1-2H2/p+1. The van der Waals surface area contributed by atoms with Crippen LogP contribution in [-0.2, 0) is 9.36 Å². The molecule has 0 rings (SSSR count). The van der Waals surface area contributed by atoms with E-state index in [1.807, 2.05) is 0 Å². The summed E-state index contributed by atoms with van der Waals surface area (Å²) in [7, 11) is -1.91. The van der Waals surface area contributed by atoms with Crippen LogP contribution in [0.1, 0.15) is 0 Å². The first kappa shape index (κ1) is 7.53. The predicted molar refractivity (Wildman–Crippen MR) is 27.2 cm³/mol. The number of carboxylic acids is 1. The van der Waals surface area contributed by atoms with Gasteiger partial charge in [-0.2, -0.15) is 0 Å². The van der Waals surface area contributed by atoms with Crippen LogP contribution in [0.25, 0.3) is 0 Å². The van der Waals surface area contributed by atoms with Crippen molar-refractivity contribution in [2.24, 2.45) is 0 Å². The fourth-order valence-corrected chi connectivity index (χ4v) is 0.603. The molecule has 0 aliphatic heterocycles. The Balaban J connectivity index is 3.40. The third-order valence-electron chi connectivity index (χ3n) is 0.469. The van der Waals surface area contributed by atoms with Crippen LogP contribution in [0.5, 0.6) is 0 Å². The van der Waals surface area contributed by atoms with Crippen LogP contribution in [0.4, 0.5) is 0 Å². The van der Waals surface area contributed by atoms with Crippen molar-refractivity contribution in [3.63, 3.8) is 0 Å². The molecule has 0 aliphatic rings. The van der Waals surface area contributed by atoms with Gasteiger partial charge < -0.3 is 10.2 Å². The summed E-state index contributed by atoms with van der Waals surface area (Å²) < 4.78 is 10.1. The summed E-state index contributed by atoms with van der Waals surface area (Å²) in [4.78, 5) is 9.67. The normalized spacial score (nSPS) is 10.9. The van der Waals surface area contributed by atoms with E-state index in [-0.39, 0.29) is 0 Å². The third kappa shape index (κ3) is 3.71. The first-order valence-electron chi connectivity index (χ1n) is 1.91. The highest BCUT2D eigenvalue weighted by atomic mass is 31.1. The van der Waals surface area contributed by atoms with Crippen LogP contribution >= 0.6 is 7.80 Å². The molecule has 0 heterocycles. The molecule has 5 heteroatoms. The topological polar surface area (TPSA) is 74.6 Å². The van der Waals surface area contributed by atoms with Crippen molar-refractivity contribution in [3.8, 4) is 0 Å². The zero-order chi connectivity index (χ0) is 6.57. The molecule has 1 unspecified atom stereocenters. The molecule has 1 atom stereocenters. The molecular formula is C3H6O4P+. The van der Waals surface area contributed by atoms with Crippen LogP contribution in [0.3, 0.4) is 0 Å². The van der Waals surface area contributed by atoms with Gasteiger partial charge in [0.05, 0.1) is 0 Å². The average Bonchev–Trinajstić information content (AvgIpc) is 1.65. The van der Waals surface area contributed by atoms with Crippen molar-refractivity contribution in [3.05, 3.63) is 0 Å². The Morgan fingerprint density at radius 2 is 2.12 bits per heavy atom. The van der Waals surface area contributed by atoms with Gasteiger partial charge in [0.15, 0.2) is 0 Å². The molecule has 0 fully saturated rings. The number of aliphatic hydroxyl groups excluding tert-OH is 1. The Morgan fingerprint density at radius 1 is 1.62 bits per heavy atom. The molecule has 46 valence electrons. The summed E-state index contributed by atoms with van der Waals surface area (Å²) in [6, 6.07) is 0. The van der Waals surface area contributed by atoms with Gasteiger partial charge in [0.2, 0.25) is 12.5 Å². The number of rotatable bonds is 3. The number of aliphatic hydroxyl groups is 1. The van der Waals surface area contributed by atoms with Gasteiger partial charge in [-0.25, -0.2) is 4.79 Å². The van der Waals surface area contributed by atoms with Crippen LogP contribution in [0.2, 0.25) is 0 Å². The third-order valence-corrected chi connectivity index (χ3v) is 1.41. The number of aliphatic carboxylic acids is 1. The number of carboxylic acid groups (broad SMARTS) is 1. The van der Waals surface area contributed by atoms with E-state index in [2.05, 4.69) is 0 Å². The lowest BCUT2D eigenvalue weighted by Crippen LogP contribution is -1.98. The molecule has 8 heavy (non-hydrogen) atoms. The maximum atomic E-state index is 10.1. The highest BCUT2D eigenvalue weighted by Crippen LogP contribution is 2.15. The second-order valence-corrected chi connectivity index (χ2v) is 2.74. The van der Waals surface area contributed by atoms with Gasteiger partial charge in [0.25, 0.3) is 0 Å². The van der Waals surface area contributed by atoms with Crippen LogP contribution in [-0.4, -0.2) is 28.7 Å². The highest BCUT2D eigenvalue weighted by Gasteiger charge is 2.17. The van der Waals surface area contributed by atoms with Crippen molar-refractivity contribution in [1.29, 1.82) is 0 Å². The number of hydrogen-bond donors (Lipinski definition) is 2. The van der Waals surface area contributed by atoms with E-state index in [1.54, 1.807) is 0 Å². The fraction of sp³-hybridized carbons (Fsp3) is 0.667. The maximum Gasteiger partial charge on any atom is 0.378 e. The predicted octanol–water partition coefficient (Wildman–Crippen LogP) is -0.152. The Labute approximate surface area is 46.9 Å². The van der Waals surface area contributed by atoms with Crippen LogP contribution in [0.15, 0.2) is 0 Å². The SMILES string of the molecule is O=C(O)C[P+](=O)CO. The number of carbonyl (C=O) groups is 1. The van der Waals surface area contributed by atoms with Crippen molar-refractivity contribution in [1.82, 2.24) is 0 Å². The minimum absolute atomic E-state index is 0.439. The summed E-state index contributed by atoms with van der Waals surface area (Å²) >= 11 is 0. The van der Waals surface area contributed by atoms with E-state index in [0.717, 1.165) is 0 Å². The summed E-state index contributed by atoms with van der Waals surface area (Å²) in [5.41, 5.74) is 0. The number of hydrogen-bond acceptors (Lipinski definition) is 3. The van der Waals surface area contributed by atoms with E-state index < -0.39 is 26.3 Å². The van der Waals surface area contributed by atoms with Gasteiger partial charge in [-0.1, -0.05) is 4.57 Å². The first-order chi connectivity index (χ1) is 3.66. The van der Waals surface area contributed by atoms with Crippen molar-refractivity contribution >= 4 is 13.8 Å². The van der Waals surface area contributed by atoms with Crippen molar-refractivity contribution in [2.75, 3.05) is 12.5 Å². The molecule has 0 aromatic rings. The molecule has 4 nitrogen and oxygen atoms in total. The minimum atomic E-state index is -1.91. The maximum absolute atomic E-state index is 10.1. The van der Waals surface area contributed by atoms with E-state index in [1.165, 1.54) is 0 Å². The van der Waals surface area contributed by atoms with E-state index in [4.69, 9.17) is 10.2 Å². The van der Waals surface area contributed by atoms with Gasteiger partial charge in [-0.15, -0.1) is 0 Å². The molecule has 0 spiro atoms. The summed E-state index contributed by atoms with van der Waals surface area (Å²) in [6.45, 7) is 0.